The molecule has 1 amide bonds. The zero-order chi connectivity index (χ0) is 22.8. The molecule has 0 bridgehead atoms. The zero-order valence-corrected chi connectivity index (χ0v) is 18.0. The number of furan rings is 1. The average Bonchev–Trinajstić information content (AvgIpc) is 3.27. The molecule has 2 aromatic carbocycles. The van der Waals surface area contributed by atoms with Crippen LogP contribution in [0.25, 0.3) is 22.1 Å². The standard InChI is InChI=1S/C24H19ClFNO5/c1-13-21(22-18(25)6-3-7-19(22)26)23(28)17-9-8-15(11-20(17)32-13)31-14(2)24(29)27-12-16-5-4-10-30-16/h3-11,14H,12H2,1-2H3,(H,27,29). The molecule has 0 spiro atoms. The summed E-state index contributed by atoms with van der Waals surface area (Å²) in [7, 11) is 0. The number of aryl methyl sites for hydroxylation is 1. The van der Waals surface area contributed by atoms with Crippen molar-refractivity contribution >= 4 is 28.5 Å². The molecule has 0 aliphatic rings. The van der Waals surface area contributed by atoms with Crippen molar-refractivity contribution in [2.75, 3.05) is 0 Å². The van der Waals surface area contributed by atoms with E-state index in [2.05, 4.69) is 5.32 Å². The van der Waals surface area contributed by atoms with Gasteiger partial charge >= 0.3 is 0 Å². The fraction of sp³-hybridized carbons (Fsp3) is 0.167. The molecular weight excluding hydrogens is 437 g/mol. The first-order chi connectivity index (χ1) is 15.3. The summed E-state index contributed by atoms with van der Waals surface area (Å²) in [6.45, 7) is 3.41. The van der Waals surface area contributed by atoms with Crippen molar-refractivity contribution in [1.82, 2.24) is 5.32 Å². The first kappa shape index (κ1) is 21.6. The van der Waals surface area contributed by atoms with Crippen molar-refractivity contribution in [3.05, 3.63) is 87.4 Å². The number of carbonyl (C=O) groups excluding carboxylic acids is 1. The largest absolute Gasteiger partial charge is 0.481 e. The minimum Gasteiger partial charge on any atom is -0.481 e. The van der Waals surface area contributed by atoms with Gasteiger partial charge in [-0.25, -0.2) is 4.39 Å². The van der Waals surface area contributed by atoms with E-state index >= 15 is 0 Å². The summed E-state index contributed by atoms with van der Waals surface area (Å²) in [6.07, 6.45) is 0.726. The highest BCUT2D eigenvalue weighted by molar-refractivity contribution is 6.33. The Balaban J connectivity index is 1.60. The van der Waals surface area contributed by atoms with Crippen molar-refractivity contribution < 1.29 is 22.8 Å². The van der Waals surface area contributed by atoms with Crippen LogP contribution >= 0.6 is 11.6 Å². The van der Waals surface area contributed by atoms with Crippen LogP contribution in [0.15, 0.2) is 68.4 Å². The molecule has 0 saturated carbocycles. The summed E-state index contributed by atoms with van der Waals surface area (Å²) in [6, 6.07) is 12.3. The van der Waals surface area contributed by atoms with Crippen LogP contribution in [0.3, 0.4) is 0 Å². The van der Waals surface area contributed by atoms with Gasteiger partial charge in [0.25, 0.3) is 5.91 Å². The SMILES string of the molecule is Cc1oc2cc(OC(C)C(=O)NCc3ccco3)ccc2c(=O)c1-c1c(F)cccc1Cl. The molecule has 0 aliphatic carbocycles. The number of benzene rings is 2. The topological polar surface area (TPSA) is 81.7 Å². The summed E-state index contributed by atoms with van der Waals surface area (Å²) in [5.74, 6) is 0.248. The lowest BCUT2D eigenvalue weighted by Gasteiger charge is -2.15. The number of hydrogen-bond donors (Lipinski definition) is 1. The molecule has 1 N–H and O–H groups in total. The van der Waals surface area contributed by atoms with Crippen molar-refractivity contribution in [2.24, 2.45) is 0 Å². The minimum absolute atomic E-state index is 0.00416. The van der Waals surface area contributed by atoms with E-state index in [1.165, 1.54) is 36.6 Å². The summed E-state index contributed by atoms with van der Waals surface area (Å²) < 4.78 is 31.1. The summed E-state index contributed by atoms with van der Waals surface area (Å²) in [5.41, 5.74) is -0.0830. The van der Waals surface area contributed by atoms with Gasteiger partial charge < -0.3 is 18.9 Å². The number of fused-ring (bicyclic) bond motifs is 1. The molecule has 2 aromatic heterocycles. The van der Waals surface area contributed by atoms with Gasteiger partial charge in [0.05, 0.1) is 28.8 Å². The Kier molecular flexibility index (Phi) is 6.01. The smallest absolute Gasteiger partial charge is 0.261 e. The van der Waals surface area contributed by atoms with Gasteiger partial charge in [0, 0.05) is 11.6 Å². The van der Waals surface area contributed by atoms with Gasteiger partial charge in [-0.15, -0.1) is 0 Å². The predicted octanol–water partition coefficient (Wildman–Crippen LogP) is 5.24. The van der Waals surface area contributed by atoms with Gasteiger partial charge in [0.15, 0.2) is 6.10 Å². The van der Waals surface area contributed by atoms with Crippen molar-refractivity contribution in [1.29, 1.82) is 0 Å². The van der Waals surface area contributed by atoms with E-state index in [-0.39, 0.29) is 45.3 Å². The second-order valence-corrected chi connectivity index (χ2v) is 7.58. The fourth-order valence-corrected chi connectivity index (χ4v) is 3.63. The molecule has 0 aliphatic heterocycles. The van der Waals surface area contributed by atoms with Crippen LogP contribution < -0.4 is 15.5 Å². The third-order valence-corrected chi connectivity index (χ3v) is 5.27. The Labute approximate surface area is 187 Å². The van der Waals surface area contributed by atoms with E-state index in [9.17, 15) is 14.0 Å². The molecule has 32 heavy (non-hydrogen) atoms. The molecule has 1 unspecified atom stereocenters. The number of halogens is 2. The average molecular weight is 456 g/mol. The van der Waals surface area contributed by atoms with Crippen LogP contribution in [0.5, 0.6) is 5.75 Å². The maximum absolute atomic E-state index is 14.4. The quantitative estimate of drug-likeness (QED) is 0.430. The second-order valence-electron chi connectivity index (χ2n) is 7.17. The molecule has 4 rings (SSSR count). The first-order valence-corrected chi connectivity index (χ1v) is 10.2. The lowest BCUT2D eigenvalue weighted by molar-refractivity contribution is -0.127. The number of hydrogen-bond acceptors (Lipinski definition) is 5. The Morgan fingerprint density at radius 2 is 2.00 bits per heavy atom. The maximum atomic E-state index is 14.4. The van der Waals surface area contributed by atoms with Crippen LogP contribution in [0.4, 0.5) is 4.39 Å². The van der Waals surface area contributed by atoms with Crippen LogP contribution in [0.2, 0.25) is 5.02 Å². The van der Waals surface area contributed by atoms with Crippen molar-refractivity contribution in [3.8, 4) is 16.9 Å². The number of rotatable bonds is 6. The summed E-state index contributed by atoms with van der Waals surface area (Å²) in [5, 5.41) is 3.08. The molecule has 4 aromatic rings. The van der Waals surface area contributed by atoms with E-state index in [4.69, 9.17) is 25.2 Å². The monoisotopic (exact) mass is 455 g/mol. The van der Waals surface area contributed by atoms with Gasteiger partial charge in [0.1, 0.15) is 28.7 Å². The van der Waals surface area contributed by atoms with Gasteiger partial charge in [-0.2, -0.15) is 0 Å². The Bertz CT molecular complexity index is 1330. The van der Waals surface area contributed by atoms with Gasteiger partial charge in [0.2, 0.25) is 5.43 Å². The highest BCUT2D eigenvalue weighted by Gasteiger charge is 2.20. The molecule has 0 radical (unpaired) electrons. The zero-order valence-electron chi connectivity index (χ0n) is 17.3. The lowest BCUT2D eigenvalue weighted by atomic mass is 10.0. The van der Waals surface area contributed by atoms with Crippen molar-refractivity contribution in [2.45, 2.75) is 26.5 Å². The Morgan fingerprint density at radius 3 is 2.72 bits per heavy atom. The Morgan fingerprint density at radius 1 is 1.19 bits per heavy atom. The lowest BCUT2D eigenvalue weighted by Crippen LogP contribution is -2.35. The number of amides is 1. The summed E-state index contributed by atoms with van der Waals surface area (Å²) in [4.78, 5) is 25.4. The van der Waals surface area contributed by atoms with Gasteiger partial charge in [-0.1, -0.05) is 17.7 Å². The van der Waals surface area contributed by atoms with Gasteiger partial charge in [-0.3, -0.25) is 9.59 Å². The maximum Gasteiger partial charge on any atom is 0.261 e. The molecule has 0 saturated heterocycles. The van der Waals surface area contributed by atoms with Crippen LogP contribution in [-0.2, 0) is 11.3 Å². The highest BCUT2D eigenvalue weighted by Crippen LogP contribution is 2.33. The Hall–Kier alpha value is -3.58. The van der Waals surface area contributed by atoms with Crippen LogP contribution in [0.1, 0.15) is 18.4 Å². The van der Waals surface area contributed by atoms with Crippen molar-refractivity contribution in [3.63, 3.8) is 0 Å². The molecule has 8 heteroatoms. The molecule has 2 heterocycles. The molecular formula is C24H19ClFNO5. The predicted molar refractivity (Wildman–Crippen MR) is 118 cm³/mol. The van der Waals surface area contributed by atoms with E-state index in [0.29, 0.717) is 11.5 Å². The van der Waals surface area contributed by atoms with E-state index in [1.807, 2.05) is 0 Å². The number of carbonyl (C=O) groups is 1. The number of ether oxygens (including phenoxy) is 1. The third-order valence-electron chi connectivity index (χ3n) is 4.95. The fourth-order valence-electron chi connectivity index (χ4n) is 3.37. The first-order valence-electron chi connectivity index (χ1n) is 9.83. The van der Waals surface area contributed by atoms with Crippen LogP contribution in [0, 0.1) is 12.7 Å². The number of nitrogens with one attached hydrogen (secondary N) is 1. The van der Waals surface area contributed by atoms with Crippen LogP contribution in [-0.4, -0.2) is 12.0 Å². The van der Waals surface area contributed by atoms with E-state index in [0.717, 1.165) is 0 Å². The summed E-state index contributed by atoms with van der Waals surface area (Å²) >= 11 is 6.15. The molecule has 1 atom stereocenters. The van der Waals surface area contributed by atoms with E-state index in [1.54, 1.807) is 32.0 Å². The van der Waals surface area contributed by atoms with E-state index < -0.39 is 17.3 Å². The minimum atomic E-state index is -0.799. The highest BCUT2D eigenvalue weighted by atomic mass is 35.5. The molecule has 164 valence electrons. The molecule has 0 fully saturated rings. The normalized spacial score (nSPS) is 12.0. The second kappa shape index (κ2) is 8.88. The third kappa shape index (κ3) is 4.24. The molecule has 6 nitrogen and oxygen atoms in total. The van der Waals surface area contributed by atoms with Gasteiger partial charge in [-0.05, 0) is 50.2 Å².